The van der Waals surface area contributed by atoms with Gasteiger partial charge in [-0.25, -0.2) is 4.79 Å². The quantitative estimate of drug-likeness (QED) is 0.901. The van der Waals surface area contributed by atoms with Gasteiger partial charge in [-0.1, -0.05) is 42.5 Å². The molecule has 0 aliphatic carbocycles. The van der Waals surface area contributed by atoms with Crippen LogP contribution in [0.3, 0.4) is 0 Å². The lowest BCUT2D eigenvalue weighted by Crippen LogP contribution is -2.46. The minimum absolute atomic E-state index is 0.0890. The smallest absolute Gasteiger partial charge is 0.410 e. The van der Waals surface area contributed by atoms with Gasteiger partial charge in [-0.15, -0.1) is 0 Å². The van der Waals surface area contributed by atoms with E-state index in [-0.39, 0.29) is 25.5 Å². The standard InChI is InChI=1S/C21H24N2O4/c1-15-7-6-10-17(11-15)22(2)20(25)19-12-18(24)13-23(19)21(26)27-14-16-8-4-3-5-9-16/h3-11,18-19,24H,12-14H2,1-2H3. The van der Waals surface area contributed by atoms with E-state index < -0.39 is 18.2 Å². The number of aliphatic hydroxyl groups excluding tert-OH is 1. The van der Waals surface area contributed by atoms with Gasteiger partial charge in [0.2, 0.25) is 5.91 Å². The fraction of sp³-hybridized carbons (Fsp3) is 0.333. The number of carbonyl (C=O) groups is 2. The number of aryl methyl sites for hydroxylation is 1. The van der Waals surface area contributed by atoms with Crippen LogP contribution in [0.15, 0.2) is 54.6 Å². The number of amides is 2. The third-order valence-electron chi connectivity index (χ3n) is 4.72. The first-order chi connectivity index (χ1) is 13.0. The van der Waals surface area contributed by atoms with Crippen molar-refractivity contribution in [2.45, 2.75) is 32.1 Å². The number of aliphatic hydroxyl groups is 1. The molecule has 6 heteroatoms. The van der Waals surface area contributed by atoms with Gasteiger partial charge in [0.1, 0.15) is 12.6 Å². The number of likely N-dealkylation sites (N-methyl/N-ethyl adjacent to an activating group) is 1. The fourth-order valence-electron chi connectivity index (χ4n) is 3.24. The van der Waals surface area contributed by atoms with Gasteiger partial charge in [-0.05, 0) is 30.2 Å². The van der Waals surface area contributed by atoms with E-state index >= 15 is 0 Å². The van der Waals surface area contributed by atoms with E-state index in [1.165, 1.54) is 9.80 Å². The number of hydrogen-bond donors (Lipinski definition) is 1. The van der Waals surface area contributed by atoms with Gasteiger partial charge in [-0.3, -0.25) is 9.69 Å². The van der Waals surface area contributed by atoms with E-state index in [1.807, 2.05) is 61.5 Å². The van der Waals surface area contributed by atoms with E-state index in [0.717, 1.165) is 16.8 Å². The highest BCUT2D eigenvalue weighted by Crippen LogP contribution is 2.24. The number of anilines is 1. The predicted octanol–water partition coefficient (Wildman–Crippen LogP) is 2.73. The highest BCUT2D eigenvalue weighted by molar-refractivity contribution is 5.98. The Bertz CT molecular complexity index is 809. The van der Waals surface area contributed by atoms with Crippen LogP contribution in [0.2, 0.25) is 0 Å². The molecule has 0 radical (unpaired) electrons. The number of nitrogens with zero attached hydrogens (tertiary/aromatic N) is 2. The summed E-state index contributed by atoms with van der Waals surface area (Å²) in [5.41, 5.74) is 2.65. The van der Waals surface area contributed by atoms with Gasteiger partial charge in [0, 0.05) is 19.2 Å². The van der Waals surface area contributed by atoms with Crippen LogP contribution in [0.1, 0.15) is 17.5 Å². The van der Waals surface area contributed by atoms with Crippen molar-refractivity contribution in [2.24, 2.45) is 0 Å². The second-order valence-corrected chi connectivity index (χ2v) is 6.83. The molecule has 2 aromatic rings. The maximum Gasteiger partial charge on any atom is 0.410 e. The Morgan fingerprint density at radius 1 is 1.19 bits per heavy atom. The lowest BCUT2D eigenvalue weighted by molar-refractivity contribution is -0.122. The number of hydrogen-bond acceptors (Lipinski definition) is 4. The van der Waals surface area contributed by atoms with Crippen molar-refractivity contribution in [1.29, 1.82) is 0 Å². The third-order valence-corrected chi connectivity index (χ3v) is 4.72. The second kappa shape index (κ2) is 8.22. The van der Waals surface area contributed by atoms with Crippen LogP contribution in [0.25, 0.3) is 0 Å². The third kappa shape index (κ3) is 4.46. The van der Waals surface area contributed by atoms with Crippen molar-refractivity contribution in [3.63, 3.8) is 0 Å². The molecular formula is C21H24N2O4. The summed E-state index contributed by atoms with van der Waals surface area (Å²) >= 11 is 0. The molecule has 2 unspecified atom stereocenters. The molecule has 0 aromatic heterocycles. The highest BCUT2D eigenvalue weighted by Gasteiger charge is 2.41. The molecule has 1 aliphatic heterocycles. The number of β-amino-alcohol motifs (C(OH)–C–C–N with tert-alkyl or cyclic N) is 1. The van der Waals surface area contributed by atoms with Crippen LogP contribution >= 0.6 is 0 Å². The van der Waals surface area contributed by atoms with E-state index in [2.05, 4.69) is 0 Å². The molecule has 1 fully saturated rings. The number of likely N-dealkylation sites (tertiary alicyclic amines) is 1. The maximum absolute atomic E-state index is 13.0. The van der Waals surface area contributed by atoms with Crippen molar-refractivity contribution in [2.75, 3.05) is 18.5 Å². The molecule has 27 heavy (non-hydrogen) atoms. The van der Waals surface area contributed by atoms with Crippen molar-refractivity contribution >= 4 is 17.7 Å². The minimum atomic E-state index is -0.742. The average molecular weight is 368 g/mol. The summed E-state index contributed by atoms with van der Waals surface area (Å²) in [5.74, 6) is -0.242. The Balaban J connectivity index is 1.69. The molecule has 0 spiro atoms. The highest BCUT2D eigenvalue weighted by atomic mass is 16.6. The Morgan fingerprint density at radius 2 is 1.93 bits per heavy atom. The van der Waals surface area contributed by atoms with E-state index in [1.54, 1.807) is 7.05 Å². The number of benzene rings is 2. The Hall–Kier alpha value is -2.86. The molecule has 142 valence electrons. The van der Waals surface area contributed by atoms with E-state index in [4.69, 9.17) is 4.74 Å². The minimum Gasteiger partial charge on any atom is -0.445 e. The van der Waals surface area contributed by atoms with Gasteiger partial charge >= 0.3 is 6.09 Å². The van der Waals surface area contributed by atoms with Gasteiger partial charge in [0.25, 0.3) is 0 Å². The Morgan fingerprint density at radius 3 is 2.63 bits per heavy atom. The molecule has 2 atom stereocenters. The summed E-state index contributed by atoms with van der Waals surface area (Å²) < 4.78 is 5.35. The molecule has 3 rings (SSSR count). The molecule has 1 heterocycles. The van der Waals surface area contributed by atoms with Crippen LogP contribution in [-0.2, 0) is 16.1 Å². The van der Waals surface area contributed by atoms with Crippen LogP contribution in [0.5, 0.6) is 0 Å². The summed E-state index contributed by atoms with van der Waals surface area (Å²) in [7, 11) is 1.68. The number of ether oxygens (including phenoxy) is 1. The second-order valence-electron chi connectivity index (χ2n) is 6.83. The van der Waals surface area contributed by atoms with Crippen LogP contribution in [0, 0.1) is 6.92 Å². The number of carbonyl (C=O) groups excluding carboxylic acids is 2. The molecule has 1 aliphatic rings. The first-order valence-corrected chi connectivity index (χ1v) is 8.95. The van der Waals surface area contributed by atoms with Crippen molar-refractivity contribution in [1.82, 2.24) is 4.90 Å². The monoisotopic (exact) mass is 368 g/mol. The molecule has 1 saturated heterocycles. The summed E-state index contributed by atoms with van der Waals surface area (Å²) in [5, 5.41) is 10.0. The lowest BCUT2D eigenvalue weighted by Gasteiger charge is -2.27. The van der Waals surface area contributed by atoms with Gasteiger partial charge < -0.3 is 14.7 Å². The van der Waals surface area contributed by atoms with Crippen molar-refractivity contribution < 1.29 is 19.4 Å². The zero-order valence-electron chi connectivity index (χ0n) is 15.5. The van der Waals surface area contributed by atoms with Crippen molar-refractivity contribution in [3.8, 4) is 0 Å². The van der Waals surface area contributed by atoms with E-state index in [0.29, 0.717) is 0 Å². The lowest BCUT2D eigenvalue weighted by atomic mass is 10.1. The van der Waals surface area contributed by atoms with Gasteiger partial charge in [0.05, 0.1) is 12.6 Å². The average Bonchev–Trinajstić information content (AvgIpc) is 3.07. The zero-order valence-corrected chi connectivity index (χ0v) is 15.5. The Kier molecular flexibility index (Phi) is 5.76. The number of rotatable bonds is 4. The molecule has 0 bridgehead atoms. The molecular weight excluding hydrogens is 344 g/mol. The molecule has 2 amide bonds. The molecule has 1 N–H and O–H groups in total. The van der Waals surface area contributed by atoms with Crippen LogP contribution in [-0.4, -0.2) is 47.7 Å². The predicted molar refractivity (Wildman–Crippen MR) is 102 cm³/mol. The molecule has 2 aromatic carbocycles. The normalized spacial score (nSPS) is 19.0. The largest absolute Gasteiger partial charge is 0.445 e. The maximum atomic E-state index is 13.0. The Labute approximate surface area is 159 Å². The topological polar surface area (TPSA) is 70.1 Å². The van der Waals surface area contributed by atoms with Gasteiger partial charge in [0.15, 0.2) is 0 Å². The van der Waals surface area contributed by atoms with Gasteiger partial charge in [-0.2, -0.15) is 0 Å². The van der Waals surface area contributed by atoms with Crippen molar-refractivity contribution in [3.05, 3.63) is 65.7 Å². The molecule has 0 saturated carbocycles. The molecule has 6 nitrogen and oxygen atoms in total. The zero-order chi connectivity index (χ0) is 19.4. The first-order valence-electron chi connectivity index (χ1n) is 8.95. The summed E-state index contributed by atoms with van der Waals surface area (Å²) in [6.45, 7) is 2.17. The van der Waals surface area contributed by atoms with Crippen LogP contribution in [0.4, 0.5) is 10.5 Å². The summed E-state index contributed by atoms with van der Waals surface area (Å²) in [6.07, 6.45) is -1.13. The first kappa shape index (κ1) is 18.9. The summed E-state index contributed by atoms with van der Waals surface area (Å²) in [6, 6.07) is 16.2. The SMILES string of the molecule is Cc1cccc(N(C)C(=O)C2CC(O)CN2C(=O)OCc2ccccc2)c1. The summed E-state index contributed by atoms with van der Waals surface area (Å²) in [4.78, 5) is 28.3. The van der Waals surface area contributed by atoms with Crippen LogP contribution < -0.4 is 4.90 Å². The van der Waals surface area contributed by atoms with E-state index in [9.17, 15) is 14.7 Å². The fourth-order valence-corrected chi connectivity index (χ4v) is 3.24.